The third kappa shape index (κ3) is 6.25. The fourth-order valence-corrected chi connectivity index (χ4v) is 1.64. The number of nitro benzene ring substituents is 1. The second-order valence-electron chi connectivity index (χ2n) is 4.14. The highest BCUT2D eigenvalue weighted by atomic mass is 35.5. The number of halogens is 1. The van der Waals surface area contributed by atoms with E-state index in [2.05, 4.69) is 10.6 Å². The highest BCUT2D eigenvalue weighted by Gasteiger charge is 2.17. The fraction of sp³-hybridized carbons (Fsp3) is 0.462. The van der Waals surface area contributed by atoms with E-state index < -0.39 is 4.92 Å². The molecule has 0 spiro atoms. The number of methoxy groups -OCH3 is 2. The van der Waals surface area contributed by atoms with Gasteiger partial charge in [-0.2, -0.15) is 0 Å². The molecule has 0 saturated carbocycles. The molecule has 9 heteroatoms. The molecule has 0 aromatic heterocycles. The van der Waals surface area contributed by atoms with Gasteiger partial charge in [-0.25, -0.2) is 0 Å². The van der Waals surface area contributed by atoms with E-state index in [1.807, 2.05) is 0 Å². The zero-order chi connectivity index (χ0) is 15.7. The lowest BCUT2D eigenvalue weighted by atomic mass is 10.1. The van der Waals surface area contributed by atoms with Crippen LogP contribution in [0.15, 0.2) is 18.2 Å². The van der Waals surface area contributed by atoms with E-state index in [9.17, 15) is 14.9 Å². The van der Waals surface area contributed by atoms with E-state index >= 15 is 0 Å². The predicted molar refractivity (Wildman–Crippen MR) is 84.0 cm³/mol. The molecule has 124 valence electrons. The standard InChI is InChI=1S/C13H19N3O5.ClH/c1-20-8-7-14-5-6-15-13(17)10-3-4-11(16(18)19)12(9-10)21-2;/h3-4,9,14H,5-8H2,1-2H3,(H,15,17);1H. The van der Waals surface area contributed by atoms with Crippen molar-refractivity contribution >= 4 is 24.0 Å². The van der Waals surface area contributed by atoms with Crippen LogP contribution in [0, 0.1) is 10.1 Å². The summed E-state index contributed by atoms with van der Waals surface area (Å²) in [5.41, 5.74) is 0.143. The number of rotatable bonds is 9. The summed E-state index contributed by atoms with van der Waals surface area (Å²) in [4.78, 5) is 22.1. The summed E-state index contributed by atoms with van der Waals surface area (Å²) in [7, 11) is 2.94. The Morgan fingerprint density at radius 1 is 1.27 bits per heavy atom. The Labute approximate surface area is 134 Å². The molecule has 2 N–H and O–H groups in total. The summed E-state index contributed by atoms with van der Waals surface area (Å²) < 4.78 is 9.80. The molecule has 0 fully saturated rings. The summed E-state index contributed by atoms with van der Waals surface area (Å²) in [6.45, 7) is 2.37. The topological polar surface area (TPSA) is 103 Å². The lowest BCUT2D eigenvalue weighted by molar-refractivity contribution is -0.385. The van der Waals surface area contributed by atoms with Crippen molar-refractivity contribution in [2.75, 3.05) is 40.5 Å². The fourth-order valence-electron chi connectivity index (χ4n) is 1.64. The number of hydrogen-bond donors (Lipinski definition) is 2. The maximum absolute atomic E-state index is 11.9. The van der Waals surface area contributed by atoms with Crippen molar-refractivity contribution in [2.45, 2.75) is 0 Å². The molecule has 1 aromatic carbocycles. The van der Waals surface area contributed by atoms with Gasteiger partial charge in [0, 0.05) is 44.4 Å². The largest absolute Gasteiger partial charge is 0.490 e. The van der Waals surface area contributed by atoms with Gasteiger partial charge in [0.1, 0.15) is 0 Å². The number of ether oxygens (including phenoxy) is 2. The van der Waals surface area contributed by atoms with E-state index in [1.165, 1.54) is 25.3 Å². The van der Waals surface area contributed by atoms with Crippen LogP contribution in [0.1, 0.15) is 10.4 Å². The van der Waals surface area contributed by atoms with Gasteiger partial charge in [0.25, 0.3) is 5.91 Å². The molecule has 1 aromatic rings. The molecule has 0 saturated heterocycles. The minimum Gasteiger partial charge on any atom is -0.490 e. The molecule has 1 amide bonds. The molecular weight excluding hydrogens is 314 g/mol. The van der Waals surface area contributed by atoms with Gasteiger partial charge in [0.15, 0.2) is 5.75 Å². The lowest BCUT2D eigenvalue weighted by Gasteiger charge is -2.08. The van der Waals surface area contributed by atoms with Gasteiger partial charge < -0.3 is 20.1 Å². The first-order valence-electron chi connectivity index (χ1n) is 6.40. The molecule has 0 unspecified atom stereocenters. The monoisotopic (exact) mass is 333 g/mol. The molecule has 0 heterocycles. The smallest absolute Gasteiger partial charge is 0.310 e. The van der Waals surface area contributed by atoms with E-state index in [1.54, 1.807) is 7.11 Å². The van der Waals surface area contributed by atoms with Crippen molar-refractivity contribution in [2.24, 2.45) is 0 Å². The second kappa shape index (κ2) is 10.8. The molecule has 0 aliphatic carbocycles. The number of carbonyl (C=O) groups is 1. The van der Waals surface area contributed by atoms with Crippen LogP contribution in [-0.2, 0) is 4.74 Å². The Balaban J connectivity index is 0.00000441. The molecule has 0 radical (unpaired) electrons. The van der Waals surface area contributed by atoms with Crippen molar-refractivity contribution < 1.29 is 19.2 Å². The summed E-state index contributed by atoms with van der Waals surface area (Å²) in [6, 6.07) is 4.00. The van der Waals surface area contributed by atoms with E-state index in [-0.39, 0.29) is 29.8 Å². The van der Waals surface area contributed by atoms with Gasteiger partial charge in [0.2, 0.25) is 0 Å². The van der Waals surface area contributed by atoms with Crippen LogP contribution in [0.2, 0.25) is 0 Å². The molecule has 0 aliphatic heterocycles. The molecule has 0 bridgehead atoms. The van der Waals surface area contributed by atoms with Crippen molar-refractivity contribution in [3.05, 3.63) is 33.9 Å². The summed E-state index contributed by atoms with van der Waals surface area (Å²) in [5, 5.41) is 16.6. The van der Waals surface area contributed by atoms with Gasteiger partial charge in [-0.3, -0.25) is 14.9 Å². The van der Waals surface area contributed by atoms with Gasteiger partial charge in [-0.1, -0.05) is 0 Å². The number of carbonyl (C=O) groups excluding carboxylic acids is 1. The number of amides is 1. The highest BCUT2D eigenvalue weighted by molar-refractivity contribution is 5.95. The van der Waals surface area contributed by atoms with Crippen LogP contribution >= 0.6 is 12.4 Å². The van der Waals surface area contributed by atoms with E-state index in [4.69, 9.17) is 9.47 Å². The SMILES string of the molecule is COCCNCCNC(=O)c1ccc([N+](=O)[O-])c(OC)c1.Cl. The highest BCUT2D eigenvalue weighted by Crippen LogP contribution is 2.27. The minimum atomic E-state index is -0.555. The minimum absolute atomic E-state index is 0. The maximum atomic E-state index is 11.9. The Hall–Kier alpha value is -1.90. The summed E-state index contributed by atoms with van der Waals surface area (Å²) >= 11 is 0. The van der Waals surface area contributed by atoms with Crippen LogP contribution in [-0.4, -0.2) is 51.3 Å². The third-order valence-electron chi connectivity index (χ3n) is 2.71. The predicted octanol–water partition coefficient (Wildman–Crippen LogP) is 0.991. The van der Waals surface area contributed by atoms with Gasteiger partial charge in [0.05, 0.1) is 18.6 Å². The van der Waals surface area contributed by atoms with Crippen molar-refractivity contribution in [3.63, 3.8) is 0 Å². The van der Waals surface area contributed by atoms with Gasteiger partial charge in [-0.05, 0) is 6.07 Å². The molecule has 0 atom stereocenters. The van der Waals surface area contributed by atoms with Crippen molar-refractivity contribution in [1.82, 2.24) is 10.6 Å². The number of nitrogens with zero attached hydrogens (tertiary/aromatic N) is 1. The number of nitro groups is 1. The first kappa shape index (κ1) is 20.1. The maximum Gasteiger partial charge on any atom is 0.310 e. The summed E-state index contributed by atoms with van der Waals surface area (Å²) in [5.74, 6) is -0.248. The quantitative estimate of drug-likeness (QED) is 0.397. The zero-order valence-corrected chi connectivity index (χ0v) is 13.3. The van der Waals surface area contributed by atoms with E-state index in [0.29, 0.717) is 31.8 Å². The van der Waals surface area contributed by atoms with E-state index in [0.717, 1.165) is 0 Å². The average Bonchev–Trinajstić information content (AvgIpc) is 2.49. The van der Waals surface area contributed by atoms with Crippen LogP contribution in [0.25, 0.3) is 0 Å². The normalized spacial score (nSPS) is 9.73. The third-order valence-corrected chi connectivity index (χ3v) is 2.71. The number of benzene rings is 1. The second-order valence-corrected chi connectivity index (χ2v) is 4.14. The molecular formula is C13H20ClN3O5. The van der Waals surface area contributed by atoms with Gasteiger partial charge >= 0.3 is 5.69 Å². The van der Waals surface area contributed by atoms with Gasteiger partial charge in [-0.15, -0.1) is 12.4 Å². The molecule has 1 rings (SSSR count). The van der Waals surface area contributed by atoms with Crippen LogP contribution < -0.4 is 15.4 Å². The zero-order valence-electron chi connectivity index (χ0n) is 12.5. The van der Waals surface area contributed by atoms with Crippen LogP contribution in [0.4, 0.5) is 5.69 Å². The Bertz CT molecular complexity index is 499. The molecule has 22 heavy (non-hydrogen) atoms. The van der Waals surface area contributed by atoms with Crippen LogP contribution in [0.5, 0.6) is 5.75 Å². The number of hydrogen-bond acceptors (Lipinski definition) is 6. The van der Waals surface area contributed by atoms with Crippen LogP contribution in [0.3, 0.4) is 0 Å². The van der Waals surface area contributed by atoms with Crippen molar-refractivity contribution in [1.29, 1.82) is 0 Å². The molecule has 8 nitrogen and oxygen atoms in total. The lowest BCUT2D eigenvalue weighted by Crippen LogP contribution is -2.33. The summed E-state index contributed by atoms with van der Waals surface area (Å²) in [6.07, 6.45) is 0. The Kier molecular flexibility index (Phi) is 9.84. The Morgan fingerprint density at radius 3 is 2.59 bits per heavy atom. The van der Waals surface area contributed by atoms with Crippen molar-refractivity contribution in [3.8, 4) is 5.75 Å². The first-order valence-corrected chi connectivity index (χ1v) is 6.40. The first-order chi connectivity index (χ1) is 10.1. The molecule has 0 aliphatic rings. The average molecular weight is 334 g/mol. The number of nitrogens with one attached hydrogen (secondary N) is 2. The Morgan fingerprint density at radius 2 is 2.00 bits per heavy atom.